The number of hydrogen-bond acceptors (Lipinski definition) is 3. The summed E-state index contributed by atoms with van der Waals surface area (Å²) in [6.45, 7) is 0.0991. The predicted octanol–water partition coefficient (Wildman–Crippen LogP) is 5.21. The average Bonchev–Trinajstić information content (AvgIpc) is 2.69. The molecule has 3 aromatic carbocycles. The molecule has 5 nitrogen and oxygen atoms in total. The third kappa shape index (κ3) is 5.09. The molecular formula is C21H18Cl2N2O3S. The van der Waals surface area contributed by atoms with Crippen molar-refractivity contribution in [3.05, 3.63) is 94.0 Å². The smallest absolute Gasteiger partial charge is 0.257 e. The quantitative estimate of drug-likeness (QED) is 0.562. The highest BCUT2D eigenvalue weighted by Crippen LogP contribution is 2.31. The Balaban J connectivity index is 1.99. The second-order valence-electron chi connectivity index (χ2n) is 6.33. The Morgan fingerprint density at radius 3 is 2.28 bits per heavy atom. The molecule has 0 fully saturated rings. The summed E-state index contributed by atoms with van der Waals surface area (Å²) in [6.07, 6.45) is 1.11. The SMILES string of the molecule is CS(=O)(=O)N(Cc1ccccc1)c1ccccc1C(=O)Nc1cccc(Cl)c1Cl. The fourth-order valence-corrected chi connectivity index (χ4v) is 4.05. The summed E-state index contributed by atoms with van der Waals surface area (Å²) >= 11 is 12.2. The number of hydrogen-bond donors (Lipinski definition) is 1. The van der Waals surface area contributed by atoms with E-state index in [-0.39, 0.29) is 22.8 Å². The maximum atomic E-state index is 12.9. The third-order valence-corrected chi connectivity index (χ3v) is 6.13. The van der Waals surface area contributed by atoms with Gasteiger partial charge in [-0.1, -0.05) is 71.7 Å². The van der Waals surface area contributed by atoms with Gasteiger partial charge in [0.15, 0.2) is 0 Å². The van der Waals surface area contributed by atoms with Gasteiger partial charge in [-0.2, -0.15) is 0 Å². The average molecular weight is 449 g/mol. The van der Waals surface area contributed by atoms with Crippen LogP contribution in [0.4, 0.5) is 11.4 Å². The molecule has 0 atom stereocenters. The number of amides is 1. The Labute approximate surface area is 179 Å². The molecule has 0 bridgehead atoms. The highest BCUT2D eigenvalue weighted by molar-refractivity contribution is 7.92. The van der Waals surface area contributed by atoms with Gasteiger partial charge in [-0.3, -0.25) is 9.10 Å². The van der Waals surface area contributed by atoms with Gasteiger partial charge in [0.1, 0.15) is 0 Å². The third-order valence-electron chi connectivity index (χ3n) is 4.19. The van der Waals surface area contributed by atoms with Crippen molar-refractivity contribution in [2.45, 2.75) is 6.54 Å². The number of nitrogens with one attached hydrogen (secondary N) is 1. The normalized spacial score (nSPS) is 11.1. The minimum atomic E-state index is -3.65. The van der Waals surface area contributed by atoms with Gasteiger partial charge in [0.2, 0.25) is 10.0 Å². The van der Waals surface area contributed by atoms with Gasteiger partial charge in [0.05, 0.1) is 39.8 Å². The van der Waals surface area contributed by atoms with E-state index in [2.05, 4.69) is 5.32 Å². The van der Waals surface area contributed by atoms with Crippen LogP contribution in [-0.2, 0) is 16.6 Å². The van der Waals surface area contributed by atoms with E-state index in [4.69, 9.17) is 23.2 Å². The lowest BCUT2D eigenvalue weighted by atomic mass is 10.1. The van der Waals surface area contributed by atoms with E-state index >= 15 is 0 Å². The van der Waals surface area contributed by atoms with Crippen molar-refractivity contribution in [3.63, 3.8) is 0 Å². The number of anilines is 2. The maximum Gasteiger partial charge on any atom is 0.257 e. The topological polar surface area (TPSA) is 66.5 Å². The molecule has 8 heteroatoms. The molecule has 0 unspecified atom stereocenters. The largest absolute Gasteiger partial charge is 0.321 e. The highest BCUT2D eigenvalue weighted by Gasteiger charge is 2.24. The monoisotopic (exact) mass is 448 g/mol. The lowest BCUT2D eigenvalue weighted by Gasteiger charge is -2.25. The first-order valence-electron chi connectivity index (χ1n) is 8.63. The van der Waals surface area contributed by atoms with Crippen LogP contribution in [0.2, 0.25) is 10.0 Å². The predicted molar refractivity (Wildman–Crippen MR) is 118 cm³/mol. The van der Waals surface area contributed by atoms with Crippen LogP contribution in [0.5, 0.6) is 0 Å². The molecule has 0 aliphatic carbocycles. The summed E-state index contributed by atoms with van der Waals surface area (Å²) in [6, 6.07) is 20.6. The first-order valence-corrected chi connectivity index (χ1v) is 11.2. The zero-order valence-electron chi connectivity index (χ0n) is 15.5. The Hall–Kier alpha value is -2.54. The first-order chi connectivity index (χ1) is 13.8. The van der Waals surface area contributed by atoms with Gasteiger partial charge in [-0.25, -0.2) is 8.42 Å². The zero-order chi connectivity index (χ0) is 21.0. The van der Waals surface area contributed by atoms with Crippen LogP contribution in [-0.4, -0.2) is 20.6 Å². The van der Waals surface area contributed by atoms with Crippen LogP contribution in [0.1, 0.15) is 15.9 Å². The molecule has 0 aliphatic heterocycles. The number of carbonyl (C=O) groups excluding carboxylic acids is 1. The van der Waals surface area contributed by atoms with E-state index in [1.165, 1.54) is 4.31 Å². The minimum Gasteiger partial charge on any atom is -0.321 e. The Kier molecular flexibility index (Phi) is 6.47. The lowest BCUT2D eigenvalue weighted by molar-refractivity contribution is 0.102. The Morgan fingerprint density at radius 2 is 1.59 bits per heavy atom. The van der Waals surface area contributed by atoms with Crippen LogP contribution in [0.25, 0.3) is 0 Å². The Morgan fingerprint density at radius 1 is 0.931 bits per heavy atom. The number of sulfonamides is 1. The van der Waals surface area contributed by atoms with Crippen molar-refractivity contribution in [2.24, 2.45) is 0 Å². The summed E-state index contributed by atoms with van der Waals surface area (Å²) in [5.41, 5.74) is 1.61. The maximum absolute atomic E-state index is 12.9. The molecule has 0 aromatic heterocycles. The minimum absolute atomic E-state index is 0.0991. The number of rotatable bonds is 6. The van der Waals surface area contributed by atoms with Crippen molar-refractivity contribution >= 4 is 50.5 Å². The van der Waals surface area contributed by atoms with Crippen molar-refractivity contribution in [1.82, 2.24) is 0 Å². The van der Waals surface area contributed by atoms with E-state index in [0.29, 0.717) is 10.7 Å². The van der Waals surface area contributed by atoms with E-state index in [1.54, 1.807) is 42.5 Å². The van der Waals surface area contributed by atoms with Crippen LogP contribution in [0, 0.1) is 0 Å². The van der Waals surface area contributed by atoms with E-state index in [1.807, 2.05) is 30.3 Å². The van der Waals surface area contributed by atoms with Gasteiger partial charge >= 0.3 is 0 Å². The molecule has 0 saturated carbocycles. The molecule has 150 valence electrons. The van der Waals surface area contributed by atoms with Crippen LogP contribution in [0.15, 0.2) is 72.8 Å². The summed E-state index contributed by atoms with van der Waals surface area (Å²) < 4.78 is 26.3. The fourth-order valence-electron chi connectivity index (χ4n) is 2.80. The number of carbonyl (C=O) groups is 1. The zero-order valence-corrected chi connectivity index (χ0v) is 17.8. The fraction of sp³-hybridized carbons (Fsp3) is 0.0952. The van der Waals surface area contributed by atoms with Crippen molar-refractivity contribution in [1.29, 1.82) is 0 Å². The number of nitrogens with zero attached hydrogens (tertiary/aromatic N) is 1. The molecule has 29 heavy (non-hydrogen) atoms. The van der Waals surface area contributed by atoms with Crippen LogP contribution in [0.3, 0.4) is 0 Å². The van der Waals surface area contributed by atoms with E-state index < -0.39 is 15.9 Å². The molecular weight excluding hydrogens is 431 g/mol. The molecule has 3 rings (SSSR count). The summed E-state index contributed by atoms with van der Waals surface area (Å²) in [4.78, 5) is 12.9. The first kappa shape index (κ1) is 21.2. The molecule has 1 amide bonds. The molecule has 0 radical (unpaired) electrons. The number of para-hydroxylation sites is 1. The lowest BCUT2D eigenvalue weighted by Crippen LogP contribution is -2.31. The Bertz CT molecular complexity index is 1140. The van der Waals surface area contributed by atoms with Gasteiger partial charge < -0.3 is 5.32 Å². The van der Waals surface area contributed by atoms with Crippen molar-refractivity contribution < 1.29 is 13.2 Å². The van der Waals surface area contributed by atoms with Gasteiger partial charge in [-0.15, -0.1) is 0 Å². The van der Waals surface area contributed by atoms with Gasteiger partial charge in [-0.05, 0) is 29.8 Å². The van der Waals surface area contributed by atoms with Crippen LogP contribution < -0.4 is 9.62 Å². The van der Waals surface area contributed by atoms with Crippen molar-refractivity contribution in [3.8, 4) is 0 Å². The number of benzene rings is 3. The van der Waals surface area contributed by atoms with Gasteiger partial charge in [0.25, 0.3) is 5.91 Å². The molecule has 0 saturated heterocycles. The van der Waals surface area contributed by atoms with Gasteiger partial charge in [0, 0.05) is 0 Å². The second-order valence-corrected chi connectivity index (χ2v) is 9.02. The highest BCUT2D eigenvalue weighted by atomic mass is 35.5. The van der Waals surface area contributed by atoms with E-state index in [9.17, 15) is 13.2 Å². The molecule has 0 heterocycles. The number of halogens is 2. The van der Waals surface area contributed by atoms with Crippen molar-refractivity contribution in [2.75, 3.05) is 15.9 Å². The molecule has 1 N–H and O–H groups in total. The summed E-state index contributed by atoms with van der Waals surface area (Å²) in [5, 5.41) is 3.22. The molecule has 0 spiro atoms. The second kappa shape index (κ2) is 8.86. The molecule has 3 aromatic rings. The molecule has 0 aliphatic rings. The summed E-state index contributed by atoms with van der Waals surface area (Å²) in [5.74, 6) is -0.494. The summed E-state index contributed by atoms with van der Waals surface area (Å²) in [7, 11) is -3.65. The standard InChI is InChI=1S/C21H18Cl2N2O3S/c1-29(27,28)25(14-15-8-3-2-4-9-15)19-13-6-5-10-16(19)21(26)24-18-12-7-11-17(22)20(18)23/h2-13H,14H2,1H3,(H,24,26). The van der Waals surface area contributed by atoms with E-state index in [0.717, 1.165) is 11.8 Å². The van der Waals surface area contributed by atoms with Crippen LogP contribution >= 0.6 is 23.2 Å².